The lowest BCUT2D eigenvalue weighted by Crippen LogP contribution is -2.46. The van der Waals surface area contributed by atoms with Gasteiger partial charge in [0.15, 0.2) is 17.3 Å². The molecule has 0 bridgehead atoms. The Bertz CT molecular complexity index is 1120. The number of aryl methyl sites for hydroxylation is 1. The minimum atomic E-state index is -0.944. The summed E-state index contributed by atoms with van der Waals surface area (Å²) in [5, 5.41) is 3.17. The Morgan fingerprint density at radius 3 is 2.32 bits per heavy atom. The molecule has 1 saturated carbocycles. The summed E-state index contributed by atoms with van der Waals surface area (Å²) in [4.78, 5) is 29.0. The first-order valence-corrected chi connectivity index (χ1v) is 11.5. The number of nitrogens with zero attached hydrogens (tertiary/aromatic N) is 1. The van der Waals surface area contributed by atoms with Gasteiger partial charge in [-0.05, 0) is 61.7 Å². The SMILES string of the molecule is COc1ccc([C@H](C(=O)NC2CCCC2)N(C(=O)c2ccco2)c2ccc(C)cc2)cc1OC. The largest absolute Gasteiger partial charge is 0.493 e. The molecular weight excluding hydrogens is 432 g/mol. The molecule has 0 radical (unpaired) electrons. The van der Waals surface area contributed by atoms with Gasteiger partial charge in [0, 0.05) is 11.7 Å². The fourth-order valence-electron chi connectivity index (χ4n) is 4.40. The van der Waals surface area contributed by atoms with Gasteiger partial charge in [-0.15, -0.1) is 0 Å². The van der Waals surface area contributed by atoms with E-state index in [-0.39, 0.29) is 17.7 Å². The average Bonchev–Trinajstić information content (AvgIpc) is 3.57. The van der Waals surface area contributed by atoms with Crippen LogP contribution in [0.1, 0.15) is 53.4 Å². The Kier molecular flexibility index (Phi) is 7.21. The van der Waals surface area contributed by atoms with Crippen molar-refractivity contribution in [2.24, 2.45) is 0 Å². The molecule has 7 heteroatoms. The fourth-order valence-corrected chi connectivity index (χ4v) is 4.40. The Labute approximate surface area is 199 Å². The maximum Gasteiger partial charge on any atom is 0.294 e. The van der Waals surface area contributed by atoms with Gasteiger partial charge in [-0.3, -0.25) is 14.5 Å². The summed E-state index contributed by atoms with van der Waals surface area (Å²) >= 11 is 0. The molecule has 2 aromatic carbocycles. The topological polar surface area (TPSA) is 81.0 Å². The number of carbonyl (C=O) groups is 2. The van der Waals surface area contributed by atoms with Gasteiger partial charge in [0.25, 0.3) is 5.91 Å². The number of hydrogen-bond acceptors (Lipinski definition) is 5. The van der Waals surface area contributed by atoms with Crippen LogP contribution >= 0.6 is 0 Å². The van der Waals surface area contributed by atoms with Crippen molar-refractivity contribution in [2.75, 3.05) is 19.1 Å². The van der Waals surface area contributed by atoms with Crippen molar-refractivity contribution in [3.05, 3.63) is 77.7 Å². The summed E-state index contributed by atoms with van der Waals surface area (Å²) in [6.07, 6.45) is 5.48. The molecule has 2 amide bonds. The lowest BCUT2D eigenvalue weighted by Gasteiger charge is -2.32. The van der Waals surface area contributed by atoms with Crippen molar-refractivity contribution in [2.45, 2.75) is 44.7 Å². The van der Waals surface area contributed by atoms with Crippen LogP contribution in [0.4, 0.5) is 5.69 Å². The van der Waals surface area contributed by atoms with E-state index in [1.54, 1.807) is 44.6 Å². The number of hydrogen-bond donors (Lipinski definition) is 1. The monoisotopic (exact) mass is 462 g/mol. The molecular formula is C27H30N2O5. The van der Waals surface area contributed by atoms with Crippen molar-refractivity contribution >= 4 is 17.5 Å². The number of furan rings is 1. The number of ether oxygens (including phenoxy) is 2. The van der Waals surface area contributed by atoms with Gasteiger partial charge < -0.3 is 19.2 Å². The van der Waals surface area contributed by atoms with Gasteiger partial charge >= 0.3 is 0 Å². The average molecular weight is 463 g/mol. The number of carbonyl (C=O) groups excluding carboxylic acids is 2. The first kappa shape index (κ1) is 23.4. The maximum absolute atomic E-state index is 13.8. The number of nitrogens with one attached hydrogen (secondary N) is 1. The molecule has 1 aromatic heterocycles. The molecule has 178 valence electrons. The van der Waals surface area contributed by atoms with Crippen molar-refractivity contribution in [1.29, 1.82) is 0 Å². The number of benzene rings is 2. The van der Waals surface area contributed by atoms with Crippen LogP contribution in [-0.4, -0.2) is 32.1 Å². The van der Waals surface area contributed by atoms with Crippen LogP contribution in [0.3, 0.4) is 0 Å². The molecule has 34 heavy (non-hydrogen) atoms. The highest BCUT2D eigenvalue weighted by Crippen LogP contribution is 2.35. The summed E-state index contributed by atoms with van der Waals surface area (Å²) in [6, 6.07) is 15.2. The minimum absolute atomic E-state index is 0.0914. The number of methoxy groups -OCH3 is 2. The van der Waals surface area contributed by atoms with E-state index in [0.717, 1.165) is 31.2 Å². The van der Waals surface area contributed by atoms with Gasteiger partial charge in [0.05, 0.1) is 20.5 Å². The predicted octanol–water partition coefficient (Wildman–Crippen LogP) is 5.05. The Balaban J connectivity index is 1.84. The van der Waals surface area contributed by atoms with Gasteiger partial charge in [-0.1, -0.05) is 36.6 Å². The smallest absolute Gasteiger partial charge is 0.294 e. The van der Waals surface area contributed by atoms with Gasteiger partial charge in [-0.25, -0.2) is 0 Å². The van der Waals surface area contributed by atoms with E-state index in [0.29, 0.717) is 22.7 Å². The highest BCUT2D eigenvalue weighted by atomic mass is 16.5. The number of rotatable bonds is 8. The first-order chi connectivity index (χ1) is 16.5. The van der Waals surface area contributed by atoms with Crippen LogP contribution in [0.15, 0.2) is 65.3 Å². The molecule has 1 N–H and O–H groups in total. The summed E-state index contributed by atoms with van der Waals surface area (Å²) in [7, 11) is 3.10. The minimum Gasteiger partial charge on any atom is -0.493 e. The summed E-state index contributed by atoms with van der Waals surface area (Å²) < 4.78 is 16.3. The van der Waals surface area contributed by atoms with Crippen LogP contribution in [-0.2, 0) is 4.79 Å². The molecule has 0 unspecified atom stereocenters. The zero-order valence-corrected chi connectivity index (χ0v) is 19.7. The van der Waals surface area contributed by atoms with E-state index in [2.05, 4.69) is 5.32 Å². The molecule has 3 aromatic rings. The van der Waals surface area contributed by atoms with E-state index in [9.17, 15) is 9.59 Å². The van der Waals surface area contributed by atoms with E-state index in [1.165, 1.54) is 11.2 Å². The van der Waals surface area contributed by atoms with Crippen LogP contribution in [0.25, 0.3) is 0 Å². The molecule has 1 fully saturated rings. The zero-order valence-electron chi connectivity index (χ0n) is 19.7. The number of anilines is 1. The Hall–Kier alpha value is -3.74. The lowest BCUT2D eigenvalue weighted by atomic mass is 10.0. The van der Waals surface area contributed by atoms with Crippen molar-refractivity contribution in [3.63, 3.8) is 0 Å². The molecule has 7 nitrogen and oxygen atoms in total. The van der Waals surface area contributed by atoms with Crippen molar-refractivity contribution < 1.29 is 23.5 Å². The molecule has 1 atom stereocenters. The predicted molar refractivity (Wildman–Crippen MR) is 129 cm³/mol. The van der Waals surface area contributed by atoms with E-state index < -0.39 is 11.9 Å². The quantitative estimate of drug-likeness (QED) is 0.507. The molecule has 4 rings (SSSR count). The Morgan fingerprint density at radius 1 is 1.00 bits per heavy atom. The highest BCUT2D eigenvalue weighted by Gasteiger charge is 2.36. The van der Waals surface area contributed by atoms with Gasteiger partial charge in [0.2, 0.25) is 5.91 Å². The standard InChI is InChI=1S/C27H30N2O5/c1-18-10-13-21(14-11-18)29(27(31)23-9-6-16-34-23)25(26(30)28-20-7-4-5-8-20)19-12-15-22(32-2)24(17-19)33-3/h6,9-17,20,25H,4-5,7-8H2,1-3H3,(H,28,30)/t25-/m1/s1. The first-order valence-electron chi connectivity index (χ1n) is 11.5. The van der Waals surface area contributed by atoms with Crippen LogP contribution in [0, 0.1) is 6.92 Å². The van der Waals surface area contributed by atoms with Crippen molar-refractivity contribution in [3.8, 4) is 11.5 Å². The molecule has 0 saturated heterocycles. The second-order valence-corrected chi connectivity index (χ2v) is 8.49. The van der Waals surface area contributed by atoms with Gasteiger partial charge in [0.1, 0.15) is 6.04 Å². The van der Waals surface area contributed by atoms with Crippen LogP contribution in [0.2, 0.25) is 0 Å². The second-order valence-electron chi connectivity index (χ2n) is 8.49. The molecule has 1 aliphatic carbocycles. The summed E-state index contributed by atoms with van der Waals surface area (Å²) in [6.45, 7) is 1.97. The third-order valence-corrected chi connectivity index (χ3v) is 6.19. The third-order valence-electron chi connectivity index (χ3n) is 6.19. The lowest BCUT2D eigenvalue weighted by molar-refractivity contribution is -0.123. The molecule has 1 aliphatic rings. The van der Waals surface area contributed by atoms with Crippen molar-refractivity contribution in [1.82, 2.24) is 5.32 Å². The Morgan fingerprint density at radius 2 is 1.71 bits per heavy atom. The summed E-state index contributed by atoms with van der Waals surface area (Å²) in [5.74, 6) is 0.517. The van der Waals surface area contributed by atoms with E-state index >= 15 is 0 Å². The summed E-state index contributed by atoms with van der Waals surface area (Å²) in [5.41, 5.74) is 2.24. The highest BCUT2D eigenvalue weighted by molar-refractivity contribution is 6.08. The fraction of sp³-hybridized carbons (Fsp3) is 0.333. The normalized spacial score (nSPS) is 14.4. The molecule has 1 heterocycles. The van der Waals surface area contributed by atoms with E-state index in [4.69, 9.17) is 13.9 Å². The van der Waals surface area contributed by atoms with Crippen LogP contribution in [0.5, 0.6) is 11.5 Å². The van der Waals surface area contributed by atoms with Gasteiger partial charge in [-0.2, -0.15) is 0 Å². The number of amides is 2. The second kappa shape index (κ2) is 10.5. The third kappa shape index (κ3) is 4.93. The van der Waals surface area contributed by atoms with E-state index in [1.807, 2.05) is 31.2 Å². The van der Waals surface area contributed by atoms with Crippen LogP contribution < -0.4 is 19.7 Å². The zero-order chi connectivity index (χ0) is 24.1. The molecule has 0 aliphatic heterocycles. The maximum atomic E-state index is 13.8. The molecule has 0 spiro atoms.